The number of esters is 4. The van der Waals surface area contributed by atoms with Gasteiger partial charge in [-0.25, -0.2) is 19.2 Å². The molecule has 0 spiro atoms. The van der Waals surface area contributed by atoms with Crippen molar-refractivity contribution in [2.75, 3.05) is 35.5 Å². The Labute approximate surface area is 808 Å². The molecule has 10 aromatic carbocycles. The van der Waals surface area contributed by atoms with Crippen molar-refractivity contribution in [1.29, 1.82) is 0 Å². The molecule has 36 nitrogen and oxygen atoms in total. The molecule has 4 bridgehead atoms. The predicted octanol–water partition coefficient (Wildman–Crippen LogP) is 16.3. The summed E-state index contributed by atoms with van der Waals surface area (Å²) in [6.45, 7) is 0. The molecule has 3 aromatic heterocycles. The molecule has 145 heavy (non-hydrogen) atoms. The second kappa shape index (κ2) is 43.0. The standard InChI is InChI=1S/C24H23NO5.C17H12O6.C15H6F6O8S2.C13H10O5.C13H8O4.C8H13NO.C2F6O5S2.CH4/c1-28-23(26)13-3-7-18-20(11-13)30-21-12-14(24(27)29-2)4-8-19(21)22(18)15-9-16-5-6-17(10-15)25-16;1-21-16(19)9-3-5-11-13(7-9)23-14-8-10(17(20)22-2)4-6-12(14)15(11)18;16-14(17,18)30(23,24)28-7-1-3-9-11(5-7)27-12-6-8(2-4-10(12)13(9)22)29-31(25,26)15(19,20)21;14-7-1-3-9(11(16)5-7)13(18)10-4-2-8(15)6-12(10)17;14-7-1-3-9-11(5-7)17-12-6-8(15)2-4-10(12)13(9)16;1-9-6-2-3-7(9)5-8(10)4-6;3-1(4,5)14(9,10)13-15(11,12)2(6,7)8;/h3-4,7-8,11-12,16-17,25H,5-6,9-10H2,1-2H3;3-8H,1-2H3;1-6H;1-6,14-17H;1-6,14-15H;6-7H,2-5H2,1H3;;1H4. The highest BCUT2D eigenvalue weighted by atomic mass is 32.3. The highest BCUT2D eigenvalue weighted by molar-refractivity contribution is 8.00. The summed E-state index contributed by atoms with van der Waals surface area (Å²) in [5.41, 5.74) is -19.3. The van der Waals surface area contributed by atoms with E-state index in [1.165, 1.54) is 157 Å². The SMILES string of the molecule is C.CN1C2CCC1CC(=O)C2.COC(=O)c1ccc2c(=O)c3ccc(C(=O)OC)cc3oc2c1.COC(=O)c1ccc2c(c1)Oc1cc(C(=O)OC)ccc1C2=C1CC2CCC(C1)N2.O=C(c1ccc(O)cc1O)c1ccc(O)cc1O.O=S(=O)(OS(=O)(=O)C(F)(F)F)C(F)(F)F.O=c1c2ccc(O)cc2oc2cc(O)ccc12.O=c1c2ccc(OS(=O)(=O)C(F)(F)F)cc2oc2cc(OS(=O)(=O)C(F)(F)F)ccc12. The Bertz CT molecular complexity index is 7630. The van der Waals surface area contributed by atoms with Crippen molar-refractivity contribution in [3.05, 3.63) is 263 Å². The van der Waals surface area contributed by atoms with Crippen LogP contribution in [0.5, 0.6) is 57.5 Å². The van der Waals surface area contributed by atoms with E-state index >= 15 is 0 Å². The number of phenolic OH excluding ortho intramolecular Hbond substituents is 6. The van der Waals surface area contributed by atoms with E-state index in [-0.39, 0.29) is 97.0 Å². The number of piperidine rings is 2. The largest absolute Gasteiger partial charge is 0.534 e. The lowest BCUT2D eigenvalue weighted by Crippen LogP contribution is -2.39. The summed E-state index contributed by atoms with van der Waals surface area (Å²) in [7, 11) is -18.3. The van der Waals surface area contributed by atoms with Crippen molar-refractivity contribution >= 4 is 147 Å². The number of rotatable bonds is 12. The quantitative estimate of drug-likeness (QED) is 0.0114. The molecule has 4 saturated heterocycles. The van der Waals surface area contributed by atoms with E-state index in [9.17, 15) is 150 Å². The number of Topliss-reactive ketones (excluding diaryl/α,β-unsaturated/α-hetero) is 1. The number of nitrogens with one attached hydrogen (secondary N) is 1. The van der Waals surface area contributed by atoms with Gasteiger partial charge in [0.1, 0.15) is 96.8 Å². The summed E-state index contributed by atoms with van der Waals surface area (Å²) in [6.07, 6.45) is 8.48. The molecule has 0 amide bonds. The van der Waals surface area contributed by atoms with E-state index in [0.29, 0.717) is 97.4 Å². The first-order valence-corrected chi connectivity index (χ1v) is 46.7. The number of phenols is 6. The summed E-state index contributed by atoms with van der Waals surface area (Å²) in [5, 5.41) is 60.7. The van der Waals surface area contributed by atoms with Crippen LogP contribution < -0.4 is 34.7 Å². The molecular weight excluding hydrogens is 2050 g/mol. The van der Waals surface area contributed by atoms with Gasteiger partial charge < -0.3 is 81.3 Å². The fourth-order valence-electron chi connectivity index (χ4n) is 15.3. The number of carbonyl (C=O) groups is 6. The molecule has 18 rings (SSSR count). The average Bonchev–Trinajstić information content (AvgIpc) is 1.71. The Hall–Kier alpha value is -15.4. The number of aromatic hydroxyl groups is 6. The van der Waals surface area contributed by atoms with Crippen LogP contribution in [0.3, 0.4) is 0 Å². The number of ketones is 2. The van der Waals surface area contributed by atoms with Crippen molar-refractivity contribution in [3.63, 3.8) is 0 Å². The van der Waals surface area contributed by atoms with Crippen molar-refractivity contribution in [1.82, 2.24) is 10.2 Å². The molecule has 4 atom stereocenters. The number of carbonyl (C=O) groups excluding carboxylic acids is 6. The van der Waals surface area contributed by atoms with Gasteiger partial charge in [-0.3, -0.25) is 28.9 Å². The first-order chi connectivity index (χ1) is 67.2. The van der Waals surface area contributed by atoms with E-state index in [0.717, 1.165) is 78.8 Å². The fourth-order valence-corrected chi connectivity index (χ4v) is 17.7. The van der Waals surface area contributed by atoms with Crippen LogP contribution >= 0.6 is 0 Å². The Morgan fingerprint density at radius 3 is 0.979 bits per heavy atom. The molecule has 770 valence electrons. The zero-order valence-corrected chi connectivity index (χ0v) is 77.3. The van der Waals surface area contributed by atoms with Gasteiger partial charge in [-0.2, -0.15) is 86.4 Å². The zero-order chi connectivity index (χ0) is 106. The number of nitrogens with zero attached hydrogens (tertiary/aromatic N) is 1. The average molecular weight is 2120 g/mol. The number of halogens is 12. The van der Waals surface area contributed by atoms with Crippen LogP contribution in [0.15, 0.2) is 215 Å². The number of methoxy groups -OCH3 is 4. The van der Waals surface area contributed by atoms with E-state index in [1.807, 2.05) is 15.8 Å². The molecule has 0 radical (unpaired) electrons. The second-order valence-electron chi connectivity index (χ2n) is 31.5. The molecular formula is C93H76F12N2O34S4. The van der Waals surface area contributed by atoms with Crippen LogP contribution in [0.2, 0.25) is 0 Å². The van der Waals surface area contributed by atoms with Gasteiger partial charge in [0.25, 0.3) is 0 Å². The lowest BCUT2D eigenvalue weighted by atomic mass is 9.84. The van der Waals surface area contributed by atoms with Crippen LogP contribution in [0.25, 0.3) is 71.4 Å². The number of fused-ring (bicyclic) bond motifs is 12. The van der Waals surface area contributed by atoms with Gasteiger partial charge in [0, 0.05) is 84.5 Å². The minimum Gasteiger partial charge on any atom is -0.508 e. The molecule has 5 aliphatic rings. The summed E-state index contributed by atoms with van der Waals surface area (Å²) < 4.78 is 278. The highest BCUT2D eigenvalue weighted by Gasteiger charge is 2.58. The van der Waals surface area contributed by atoms with Crippen LogP contribution in [-0.4, -0.2) is 186 Å². The smallest absolute Gasteiger partial charge is 0.508 e. The first kappa shape index (κ1) is 110. The molecule has 52 heteroatoms. The fraction of sp³-hybridized carbons (Fsp3) is 0.237. The third-order valence-corrected chi connectivity index (χ3v) is 26.6. The monoisotopic (exact) mass is 2120 g/mol. The van der Waals surface area contributed by atoms with Crippen LogP contribution in [0, 0.1) is 0 Å². The van der Waals surface area contributed by atoms with Crippen molar-refractivity contribution in [2.24, 2.45) is 0 Å². The lowest BCUT2D eigenvalue weighted by Gasteiger charge is -2.30. The third kappa shape index (κ3) is 24.8. The third-order valence-electron chi connectivity index (χ3n) is 22.1. The van der Waals surface area contributed by atoms with Gasteiger partial charge in [0.15, 0.2) is 5.78 Å². The molecule has 7 N–H and O–H groups in total. The highest BCUT2D eigenvalue weighted by Crippen LogP contribution is 2.50. The lowest BCUT2D eigenvalue weighted by molar-refractivity contribution is -0.123. The maximum Gasteiger partial charge on any atom is 0.534 e. The van der Waals surface area contributed by atoms with Gasteiger partial charge in [-0.1, -0.05) is 13.0 Å². The number of hydrogen-bond acceptors (Lipinski definition) is 36. The van der Waals surface area contributed by atoms with Crippen molar-refractivity contribution < 1.29 is 195 Å². The zero-order valence-electron chi connectivity index (χ0n) is 74.0. The number of benzene rings is 10. The second-order valence-corrected chi connectivity index (χ2v) is 37.8. The molecule has 4 unspecified atom stereocenters. The van der Waals surface area contributed by atoms with Gasteiger partial charge in [0.05, 0.1) is 94.1 Å². The Morgan fingerprint density at radius 2 is 0.655 bits per heavy atom. The Morgan fingerprint density at radius 1 is 0.366 bits per heavy atom. The summed E-state index contributed by atoms with van der Waals surface area (Å²) in [4.78, 5) is 110. The van der Waals surface area contributed by atoms with Crippen LogP contribution in [0.1, 0.15) is 127 Å². The predicted molar refractivity (Wildman–Crippen MR) is 488 cm³/mol. The number of ether oxygens (including phenoxy) is 5. The van der Waals surface area contributed by atoms with Crippen LogP contribution in [0.4, 0.5) is 52.7 Å². The van der Waals surface area contributed by atoms with E-state index in [4.69, 9.17) is 37.7 Å². The minimum atomic E-state index is -6.85. The first-order valence-electron chi connectivity index (χ1n) is 41.1. The van der Waals surface area contributed by atoms with Gasteiger partial charge in [-0.05, 0) is 197 Å². The summed E-state index contributed by atoms with van der Waals surface area (Å²) in [5.74, 6) is -3.61. The maximum atomic E-state index is 12.5. The van der Waals surface area contributed by atoms with E-state index in [2.05, 4.69) is 35.1 Å². The molecule has 0 saturated carbocycles. The van der Waals surface area contributed by atoms with Gasteiger partial charge >= 0.3 is 86.4 Å². The Kier molecular flexibility index (Phi) is 32.6. The molecule has 0 aliphatic carbocycles. The topological polar surface area (TPSA) is 540 Å². The normalized spacial score (nSPS) is 16.0. The summed E-state index contributed by atoms with van der Waals surface area (Å²) >= 11 is 0. The number of alkyl halides is 12. The molecule has 5 aliphatic heterocycles. The van der Waals surface area contributed by atoms with Gasteiger partial charge in [-0.15, -0.1) is 3.63 Å². The summed E-state index contributed by atoms with van der Waals surface area (Å²) in [6, 6.07) is 42.2. The van der Waals surface area contributed by atoms with Crippen molar-refractivity contribution in [3.8, 4) is 57.5 Å². The molecule has 4 fully saturated rings. The molecule has 13 aromatic rings. The Balaban J connectivity index is 0.000000165. The van der Waals surface area contributed by atoms with Crippen LogP contribution in [-0.2, 0) is 67.8 Å². The van der Waals surface area contributed by atoms with E-state index < -0.39 is 120 Å². The maximum absolute atomic E-state index is 12.5. The minimum absolute atomic E-state index is 0. The van der Waals surface area contributed by atoms with Crippen molar-refractivity contribution in [2.45, 2.75) is 105 Å². The molecule has 8 heterocycles. The van der Waals surface area contributed by atoms with Gasteiger partial charge in [0.2, 0.25) is 16.3 Å². The van der Waals surface area contributed by atoms with E-state index in [1.54, 1.807) is 24.3 Å². The number of hydrogen-bond donors (Lipinski definition) is 7.